The lowest BCUT2D eigenvalue weighted by Gasteiger charge is -2.72. The van der Waals surface area contributed by atoms with Gasteiger partial charge in [0.15, 0.2) is 37.4 Å². The molecule has 5 aliphatic carbocycles. The summed E-state index contributed by atoms with van der Waals surface area (Å²) in [5.74, 6) is -4.40. The summed E-state index contributed by atoms with van der Waals surface area (Å²) in [5.41, 5.74) is -3.54. The van der Waals surface area contributed by atoms with Gasteiger partial charge < -0.3 is 118 Å². The van der Waals surface area contributed by atoms with Crippen LogP contribution < -0.4 is 0 Å². The van der Waals surface area contributed by atoms with Gasteiger partial charge >= 0.3 is 23.9 Å². The van der Waals surface area contributed by atoms with Crippen LogP contribution in [0.4, 0.5) is 0 Å². The van der Waals surface area contributed by atoms with Crippen LogP contribution in [0.2, 0.25) is 0 Å². The number of fused-ring (bicyclic) bond motifs is 7. The molecule has 0 bridgehead atoms. The van der Waals surface area contributed by atoms with Crippen LogP contribution in [0.15, 0.2) is 23.3 Å². The summed E-state index contributed by atoms with van der Waals surface area (Å²) in [6.45, 7) is 19.6. The SMILES string of the molecule is CC=C(C)C(=O)O[C@H]1[C@H](OC(C)=O)C(C)(C)C[C@H]2C3=CC[C@@H]4[C@@]5(C)CC[C@H](O[C@@H]6O[C@H](C(=O)O)[C@@H](O)[C@H](O[C@@H]7O[C@H](CO[C@@H]8O[C@@H](C)[C@H](O)[C@@H](O)[C@H]8O)[C@@H](O)[C@H](O)[C@H]7O)[C@H]6O[C@@H]6O[C@H](CO)[C@@H](O)[C@H](O)[C@H]6O)C(C)(C)[C@@H]5CC[C@@]4(C)[C@]3(C)C[C@@H](OC(C)=O)[C@]21CO. The first kappa shape index (κ1) is 71.8. The van der Waals surface area contributed by atoms with Crippen molar-refractivity contribution in [1.82, 2.24) is 0 Å². The van der Waals surface area contributed by atoms with E-state index >= 15 is 0 Å². The predicted octanol–water partition coefficient (Wildman–Crippen LogP) is -0.871. The van der Waals surface area contributed by atoms with E-state index in [1.807, 2.05) is 27.7 Å². The zero-order chi connectivity index (χ0) is 67.3. The summed E-state index contributed by atoms with van der Waals surface area (Å²) in [4.78, 5) is 53.5. The first-order valence-corrected chi connectivity index (χ1v) is 31.8. The van der Waals surface area contributed by atoms with E-state index in [2.05, 4.69) is 26.8 Å². The molecule has 4 saturated heterocycles. The average Bonchev–Trinajstić information content (AvgIpc) is 0.669. The Morgan fingerprint density at radius 3 is 1.77 bits per heavy atom. The summed E-state index contributed by atoms with van der Waals surface area (Å²) in [5, 5.41) is 143. The lowest BCUT2D eigenvalue weighted by molar-refractivity contribution is -0.397. The highest BCUT2D eigenvalue weighted by molar-refractivity contribution is 5.88. The van der Waals surface area contributed by atoms with Crippen molar-refractivity contribution in [3.8, 4) is 0 Å². The molecule has 0 spiro atoms. The van der Waals surface area contributed by atoms with E-state index in [0.29, 0.717) is 38.5 Å². The minimum atomic E-state index is -2.27. The van der Waals surface area contributed by atoms with Crippen molar-refractivity contribution in [2.45, 2.75) is 275 Å². The number of hydrogen-bond acceptors (Lipinski definition) is 27. The molecule has 0 aromatic carbocycles. The van der Waals surface area contributed by atoms with Crippen LogP contribution in [0.5, 0.6) is 0 Å². The first-order valence-electron chi connectivity index (χ1n) is 31.8. The van der Waals surface area contributed by atoms with Gasteiger partial charge in [-0.1, -0.05) is 66.2 Å². The third-order valence-corrected chi connectivity index (χ3v) is 23.2. The zero-order valence-corrected chi connectivity index (χ0v) is 53.8. The Kier molecular flexibility index (Phi) is 20.9. The van der Waals surface area contributed by atoms with Gasteiger partial charge in [0.25, 0.3) is 0 Å². The molecule has 13 N–H and O–H groups in total. The van der Waals surface area contributed by atoms with E-state index < -0.39 is 229 Å². The highest BCUT2D eigenvalue weighted by atomic mass is 16.8. The fourth-order valence-electron chi connectivity index (χ4n) is 17.9. The van der Waals surface area contributed by atoms with E-state index in [0.717, 1.165) is 5.57 Å². The van der Waals surface area contributed by atoms with E-state index in [4.69, 9.17) is 52.1 Å². The van der Waals surface area contributed by atoms with Gasteiger partial charge in [-0.2, -0.15) is 0 Å². The Hall–Kier alpha value is -3.44. The van der Waals surface area contributed by atoms with Gasteiger partial charge in [-0.25, -0.2) is 9.59 Å². The molecule has 0 aromatic heterocycles. The summed E-state index contributed by atoms with van der Waals surface area (Å²) in [6.07, 6.45) is -34.6. The molecule has 4 aliphatic heterocycles. The minimum absolute atomic E-state index is 0.0606. The smallest absolute Gasteiger partial charge is 0.335 e. The Bertz CT molecular complexity index is 2700. The maximum Gasteiger partial charge on any atom is 0.335 e. The Labute approximate surface area is 528 Å². The number of allylic oxidation sites excluding steroid dienone is 3. The molecular formula is C63H98O28. The number of aliphatic hydroxyl groups excluding tert-OH is 12. The van der Waals surface area contributed by atoms with Crippen molar-refractivity contribution >= 4 is 23.9 Å². The number of hydrogen-bond donors (Lipinski definition) is 13. The van der Waals surface area contributed by atoms with Crippen LogP contribution in [-0.2, 0) is 71.3 Å². The van der Waals surface area contributed by atoms with Gasteiger partial charge in [0.2, 0.25) is 0 Å². The molecule has 31 atom stereocenters. The number of carbonyl (C=O) groups is 4. The second-order valence-corrected chi connectivity index (χ2v) is 29.1. The van der Waals surface area contributed by atoms with Crippen molar-refractivity contribution in [2.24, 2.45) is 50.2 Å². The number of aliphatic hydroxyl groups is 12. The quantitative estimate of drug-likeness (QED) is 0.0294. The van der Waals surface area contributed by atoms with E-state index in [-0.39, 0.29) is 23.8 Å². The summed E-state index contributed by atoms with van der Waals surface area (Å²) < 4.78 is 67.4. The normalized spacial score (nSPS) is 49.5. The van der Waals surface area contributed by atoms with Crippen LogP contribution in [0, 0.1) is 50.2 Å². The molecule has 518 valence electrons. The molecule has 0 radical (unpaired) electrons. The number of carbonyl (C=O) groups excluding carboxylic acids is 3. The largest absolute Gasteiger partial charge is 0.479 e. The van der Waals surface area contributed by atoms with Gasteiger partial charge in [-0.15, -0.1) is 0 Å². The van der Waals surface area contributed by atoms with Crippen molar-refractivity contribution < 1.29 is 138 Å². The van der Waals surface area contributed by atoms with Crippen LogP contribution in [0.1, 0.15) is 128 Å². The molecule has 9 rings (SSSR count). The summed E-state index contributed by atoms with van der Waals surface area (Å²) in [6, 6.07) is 0. The summed E-state index contributed by atoms with van der Waals surface area (Å²) in [7, 11) is 0. The summed E-state index contributed by atoms with van der Waals surface area (Å²) >= 11 is 0. The standard InChI is InChI=1S/C63H98O28/c1-13-25(2)53(80)91-51-50(84-28(5)67)58(6,7)20-30-29-14-15-34-60(10)18-17-35(59(8,9)33(60)16-19-61(34,11)62(29,12)21-36(83-27(4)66)63(30,51)24-65)87-57-49(90-55-44(75)41(72)38(69)31(22-64)85-55)47(46(77)48(89-57)52(78)79)88-56-45(76)42(73)39(70)32(86-56)23-81-54-43(74)40(71)37(68)26(3)82-54/h13-14,26,30-51,54-57,64-65,68-77H,15-24H2,1-12H3,(H,78,79)/t26-,30-,31+,32+,33-,34+,35-,36+,37-,38+,39+,40+,41-,42-,43+,44+,45+,46-,47-,48-,49+,50-,51-,54+,55-,56-,57+,60-,61+,62+,63-/m0/s1. The first-order chi connectivity index (χ1) is 42.4. The van der Waals surface area contributed by atoms with Gasteiger partial charge in [-0.3, -0.25) is 9.59 Å². The fourth-order valence-corrected chi connectivity index (χ4v) is 17.9. The minimum Gasteiger partial charge on any atom is -0.479 e. The Morgan fingerprint density at radius 2 is 1.19 bits per heavy atom. The van der Waals surface area contributed by atoms with Crippen molar-refractivity contribution in [2.75, 3.05) is 19.8 Å². The lowest BCUT2D eigenvalue weighted by Crippen LogP contribution is -2.73. The van der Waals surface area contributed by atoms with Crippen molar-refractivity contribution in [3.63, 3.8) is 0 Å². The van der Waals surface area contributed by atoms with E-state index in [1.54, 1.807) is 19.9 Å². The maximum absolute atomic E-state index is 13.9. The molecule has 28 nitrogen and oxygen atoms in total. The van der Waals surface area contributed by atoms with Crippen molar-refractivity contribution in [1.29, 1.82) is 0 Å². The number of carboxylic acid groups (broad SMARTS) is 1. The molecule has 4 heterocycles. The second kappa shape index (κ2) is 26.5. The highest BCUT2D eigenvalue weighted by Gasteiger charge is 2.75. The molecular weight excluding hydrogens is 1200 g/mol. The van der Waals surface area contributed by atoms with Crippen LogP contribution >= 0.6 is 0 Å². The fraction of sp³-hybridized carbons (Fsp3) is 0.873. The molecule has 0 unspecified atom stereocenters. The topological polar surface area (TPSA) is 433 Å². The maximum atomic E-state index is 13.9. The van der Waals surface area contributed by atoms with Gasteiger partial charge in [-0.05, 0) is 105 Å². The molecule has 8 fully saturated rings. The Morgan fingerprint density at radius 1 is 0.604 bits per heavy atom. The highest BCUT2D eigenvalue weighted by Crippen LogP contribution is 2.76. The zero-order valence-electron chi connectivity index (χ0n) is 53.8. The molecule has 0 amide bonds. The van der Waals surface area contributed by atoms with Crippen LogP contribution in [-0.4, -0.2) is 257 Å². The number of aliphatic carboxylic acids is 1. The Balaban J connectivity index is 1.04. The van der Waals surface area contributed by atoms with Gasteiger partial charge in [0.1, 0.15) is 97.7 Å². The van der Waals surface area contributed by atoms with Crippen LogP contribution in [0.25, 0.3) is 0 Å². The number of rotatable bonds is 16. The number of ether oxygens (including phenoxy) is 11. The number of esters is 3. The average molecular weight is 1300 g/mol. The third kappa shape index (κ3) is 12.3. The van der Waals surface area contributed by atoms with Gasteiger partial charge in [0.05, 0.1) is 37.4 Å². The van der Waals surface area contributed by atoms with Crippen LogP contribution in [0.3, 0.4) is 0 Å². The van der Waals surface area contributed by atoms with E-state index in [9.17, 15) is 85.6 Å². The van der Waals surface area contributed by atoms with Crippen molar-refractivity contribution in [3.05, 3.63) is 23.3 Å². The predicted molar refractivity (Wildman–Crippen MR) is 308 cm³/mol. The number of carboxylic acids is 1. The molecule has 0 aromatic rings. The third-order valence-electron chi connectivity index (χ3n) is 23.2. The second-order valence-electron chi connectivity index (χ2n) is 29.1. The molecule has 28 heteroatoms. The molecule has 91 heavy (non-hydrogen) atoms. The molecule has 4 saturated carbocycles. The van der Waals surface area contributed by atoms with E-state index in [1.165, 1.54) is 20.8 Å². The van der Waals surface area contributed by atoms with Gasteiger partial charge in [0, 0.05) is 24.8 Å². The monoisotopic (exact) mass is 1300 g/mol. The molecule has 9 aliphatic rings. The lowest BCUT2D eigenvalue weighted by atomic mass is 9.33.